The summed E-state index contributed by atoms with van der Waals surface area (Å²) in [6.45, 7) is 4.24. The van der Waals surface area contributed by atoms with Crippen molar-refractivity contribution in [3.8, 4) is 0 Å². The molecule has 0 aliphatic carbocycles. The molecule has 0 bridgehead atoms. The van der Waals surface area contributed by atoms with E-state index in [9.17, 15) is 9.59 Å². The summed E-state index contributed by atoms with van der Waals surface area (Å²) < 4.78 is 0. The standard InChI is InChI=1S/C10H17NO3S/c1-6-8(10(13)14)4-5-11(6)9(12)7(2)15-3/h6-8H,4-5H2,1-3H3,(H,13,14). The van der Waals surface area contributed by atoms with Crippen LogP contribution in [-0.2, 0) is 9.59 Å². The number of aliphatic carboxylic acids is 1. The van der Waals surface area contributed by atoms with Crippen LogP contribution in [0.1, 0.15) is 20.3 Å². The molecule has 3 atom stereocenters. The van der Waals surface area contributed by atoms with Gasteiger partial charge in [-0.15, -0.1) is 0 Å². The van der Waals surface area contributed by atoms with Crippen LogP contribution < -0.4 is 0 Å². The first-order valence-electron chi connectivity index (χ1n) is 5.05. The molecule has 3 unspecified atom stereocenters. The Hall–Kier alpha value is -0.710. The van der Waals surface area contributed by atoms with Crippen molar-refractivity contribution in [3.63, 3.8) is 0 Å². The minimum atomic E-state index is -0.797. The second-order valence-electron chi connectivity index (χ2n) is 3.88. The summed E-state index contributed by atoms with van der Waals surface area (Å²) in [6.07, 6.45) is 2.46. The molecule has 0 radical (unpaired) electrons. The highest BCUT2D eigenvalue weighted by molar-refractivity contribution is 7.99. The minimum Gasteiger partial charge on any atom is -0.481 e. The van der Waals surface area contributed by atoms with Crippen molar-refractivity contribution in [1.29, 1.82) is 0 Å². The first-order chi connectivity index (χ1) is 6.99. The molecular weight excluding hydrogens is 214 g/mol. The number of thioether (sulfide) groups is 1. The molecular formula is C10H17NO3S. The van der Waals surface area contributed by atoms with Gasteiger partial charge >= 0.3 is 5.97 Å². The Labute approximate surface area is 94.0 Å². The van der Waals surface area contributed by atoms with Gasteiger partial charge in [0.15, 0.2) is 0 Å². The quantitative estimate of drug-likeness (QED) is 0.789. The van der Waals surface area contributed by atoms with E-state index in [-0.39, 0.29) is 17.2 Å². The summed E-state index contributed by atoms with van der Waals surface area (Å²) in [5, 5.41) is 8.85. The number of hydrogen-bond donors (Lipinski definition) is 1. The van der Waals surface area contributed by atoms with Crippen molar-refractivity contribution in [1.82, 2.24) is 4.90 Å². The molecule has 15 heavy (non-hydrogen) atoms. The normalized spacial score (nSPS) is 27.8. The molecule has 1 aliphatic rings. The average molecular weight is 231 g/mol. The van der Waals surface area contributed by atoms with Crippen molar-refractivity contribution in [2.24, 2.45) is 5.92 Å². The average Bonchev–Trinajstić information content (AvgIpc) is 2.57. The smallest absolute Gasteiger partial charge is 0.308 e. The number of carbonyl (C=O) groups is 2. The number of amides is 1. The zero-order valence-corrected chi connectivity index (χ0v) is 10.1. The third-order valence-corrected chi connectivity index (χ3v) is 3.97. The highest BCUT2D eigenvalue weighted by Gasteiger charge is 2.39. The van der Waals surface area contributed by atoms with E-state index in [1.54, 1.807) is 4.90 Å². The number of carbonyl (C=O) groups excluding carboxylic acids is 1. The molecule has 0 aromatic carbocycles. The van der Waals surface area contributed by atoms with Crippen LogP contribution in [0, 0.1) is 5.92 Å². The summed E-state index contributed by atoms with van der Waals surface area (Å²) in [6, 6.07) is -0.176. The summed E-state index contributed by atoms with van der Waals surface area (Å²) in [5.74, 6) is -1.14. The lowest BCUT2D eigenvalue weighted by Crippen LogP contribution is -2.41. The topological polar surface area (TPSA) is 57.6 Å². The molecule has 1 N–H and O–H groups in total. The van der Waals surface area contributed by atoms with E-state index in [1.807, 2.05) is 20.1 Å². The van der Waals surface area contributed by atoms with Gasteiger partial charge in [-0.2, -0.15) is 11.8 Å². The van der Waals surface area contributed by atoms with Gasteiger partial charge in [0.25, 0.3) is 0 Å². The van der Waals surface area contributed by atoms with Crippen LogP contribution in [0.15, 0.2) is 0 Å². The summed E-state index contributed by atoms with van der Waals surface area (Å²) in [4.78, 5) is 24.4. The van der Waals surface area contributed by atoms with Crippen LogP contribution >= 0.6 is 11.8 Å². The number of likely N-dealkylation sites (tertiary alicyclic amines) is 1. The van der Waals surface area contributed by atoms with Gasteiger partial charge in [0.1, 0.15) is 0 Å². The molecule has 0 spiro atoms. The molecule has 0 aromatic heterocycles. The SMILES string of the molecule is CSC(C)C(=O)N1CCC(C(=O)O)C1C. The van der Waals surface area contributed by atoms with Gasteiger partial charge in [0.2, 0.25) is 5.91 Å². The van der Waals surface area contributed by atoms with Gasteiger partial charge in [-0.1, -0.05) is 0 Å². The summed E-state index contributed by atoms with van der Waals surface area (Å²) in [5.41, 5.74) is 0. The van der Waals surface area contributed by atoms with Crippen LogP contribution in [-0.4, -0.2) is 46.0 Å². The number of hydrogen-bond acceptors (Lipinski definition) is 3. The molecule has 1 heterocycles. The second-order valence-corrected chi connectivity index (χ2v) is 5.06. The third kappa shape index (κ3) is 2.45. The minimum absolute atomic E-state index is 0.0544. The molecule has 5 heteroatoms. The van der Waals surface area contributed by atoms with Crippen LogP contribution in [0.25, 0.3) is 0 Å². The van der Waals surface area contributed by atoms with Crippen molar-refractivity contribution < 1.29 is 14.7 Å². The Kier molecular flexibility index (Phi) is 4.02. The van der Waals surface area contributed by atoms with Crippen molar-refractivity contribution in [2.45, 2.75) is 31.6 Å². The van der Waals surface area contributed by atoms with Crippen molar-refractivity contribution in [2.75, 3.05) is 12.8 Å². The van der Waals surface area contributed by atoms with Gasteiger partial charge < -0.3 is 10.0 Å². The van der Waals surface area contributed by atoms with Gasteiger partial charge in [-0.3, -0.25) is 9.59 Å². The van der Waals surface area contributed by atoms with Gasteiger partial charge in [0.05, 0.1) is 11.2 Å². The lowest BCUT2D eigenvalue weighted by molar-refractivity contribution is -0.143. The van der Waals surface area contributed by atoms with Crippen molar-refractivity contribution in [3.05, 3.63) is 0 Å². The van der Waals surface area contributed by atoms with E-state index in [4.69, 9.17) is 5.11 Å². The maximum atomic E-state index is 11.9. The molecule has 1 rings (SSSR count). The largest absolute Gasteiger partial charge is 0.481 e. The van der Waals surface area contributed by atoms with E-state index in [2.05, 4.69) is 0 Å². The Bertz CT molecular complexity index is 269. The van der Waals surface area contributed by atoms with E-state index < -0.39 is 11.9 Å². The molecule has 0 aromatic rings. The molecule has 0 saturated carbocycles. The Morgan fingerprint density at radius 1 is 1.53 bits per heavy atom. The number of rotatable bonds is 3. The summed E-state index contributed by atoms with van der Waals surface area (Å²) >= 11 is 1.49. The predicted molar refractivity (Wildman–Crippen MR) is 59.9 cm³/mol. The number of nitrogens with zero attached hydrogens (tertiary/aromatic N) is 1. The van der Waals surface area contributed by atoms with E-state index in [0.29, 0.717) is 13.0 Å². The fraction of sp³-hybridized carbons (Fsp3) is 0.800. The lowest BCUT2D eigenvalue weighted by atomic mass is 10.0. The first-order valence-corrected chi connectivity index (χ1v) is 6.34. The molecule has 1 amide bonds. The fourth-order valence-corrected chi connectivity index (χ4v) is 2.25. The van der Waals surface area contributed by atoms with E-state index >= 15 is 0 Å². The molecule has 1 saturated heterocycles. The maximum Gasteiger partial charge on any atom is 0.308 e. The molecule has 1 aliphatic heterocycles. The van der Waals surface area contributed by atoms with Crippen molar-refractivity contribution >= 4 is 23.6 Å². The lowest BCUT2D eigenvalue weighted by Gasteiger charge is -2.25. The zero-order valence-electron chi connectivity index (χ0n) is 9.27. The summed E-state index contributed by atoms with van der Waals surface area (Å²) in [7, 11) is 0. The maximum absolute atomic E-state index is 11.9. The van der Waals surface area contributed by atoms with Crippen LogP contribution in [0.3, 0.4) is 0 Å². The van der Waals surface area contributed by atoms with Crippen LogP contribution in [0.4, 0.5) is 0 Å². The van der Waals surface area contributed by atoms with E-state index in [1.165, 1.54) is 11.8 Å². The second kappa shape index (κ2) is 4.88. The highest BCUT2D eigenvalue weighted by Crippen LogP contribution is 2.26. The molecule has 86 valence electrons. The Morgan fingerprint density at radius 3 is 2.53 bits per heavy atom. The predicted octanol–water partition coefficient (Wildman–Crippen LogP) is 1.06. The van der Waals surface area contributed by atoms with Gasteiger partial charge in [-0.05, 0) is 26.5 Å². The first kappa shape index (κ1) is 12.4. The molecule has 1 fully saturated rings. The van der Waals surface area contributed by atoms with E-state index in [0.717, 1.165) is 0 Å². The zero-order chi connectivity index (χ0) is 11.6. The fourth-order valence-electron chi connectivity index (χ4n) is 1.92. The number of carboxylic acids is 1. The van der Waals surface area contributed by atoms with Gasteiger partial charge in [0, 0.05) is 12.6 Å². The molecule has 4 nitrogen and oxygen atoms in total. The number of carboxylic acid groups (broad SMARTS) is 1. The van der Waals surface area contributed by atoms with Crippen LogP contribution in [0.5, 0.6) is 0 Å². The highest BCUT2D eigenvalue weighted by atomic mass is 32.2. The van der Waals surface area contributed by atoms with Crippen LogP contribution in [0.2, 0.25) is 0 Å². The monoisotopic (exact) mass is 231 g/mol. The third-order valence-electron chi connectivity index (χ3n) is 3.06. The Morgan fingerprint density at radius 2 is 2.13 bits per heavy atom. The van der Waals surface area contributed by atoms with Gasteiger partial charge in [-0.25, -0.2) is 0 Å². The Balaban J connectivity index is 2.67.